The molecule has 4 heteroatoms. The second-order valence-electron chi connectivity index (χ2n) is 4.48. The second-order valence-corrected chi connectivity index (χ2v) is 5.43. The summed E-state index contributed by atoms with van der Waals surface area (Å²) in [5.74, 6) is -0.894. The summed E-state index contributed by atoms with van der Waals surface area (Å²) in [6.45, 7) is 1.84. The summed E-state index contributed by atoms with van der Waals surface area (Å²) in [6.07, 6.45) is 0. The minimum absolute atomic E-state index is 0.345. The molecule has 0 saturated carbocycles. The van der Waals surface area contributed by atoms with Gasteiger partial charge in [0, 0.05) is 11.4 Å². The first-order chi connectivity index (χ1) is 9.68. The van der Waals surface area contributed by atoms with E-state index in [1.165, 1.54) is 0 Å². The SMILES string of the molecule is Cc1c(C(=O)O)cc(-c2cccs2)n1-c1ccccc1. The van der Waals surface area contributed by atoms with Crippen LogP contribution in [-0.2, 0) is 0 Å². The van der Waals surface area contributed by atoms with Crippen LogP contribution in [0.4, 0.5) is 0 Å². The number of hydrogen-bond acceptors (Lipinski definition) is 2. The molecule has 3 rings (SSSR count). The van der Waals surface area contributed by atoms with Crippen LogP contribution < -0.4 is 0 Å². The van der Waals surface area contributed by atoms with Crippen molar-refractivity contribution in [3.8, 4) is 16.3 Å². The van der Waals surface area contributed by atoms with Crippen molar-refractivity contribution >= 4 is 17.3 Å². The molecule has 0 fully saturated rings. The molecule has 2 aromatic heterocycles. The first kappa shape index (κ1) is 12.7. The van der Waals surface area contributed by atoms with Crippen LogP contribution in [0.5, 0.6) is 0 Å². The normalized spacial score (nSPS) is 10.7. The van der Waals surface area contributed by atoms with Crippen LogP contribution in [-0.4, -0.2) is 15.6 Å². The Morgan fingerprint density at radius 2 is 1.90 bits per heavy atom. The Labute approximate surface area is 120 Å². The van der Waals surface area contributed by atoms with Gasteiger partial charge < -0.3 is 9.67 Å². The molecule has 0 aliphatic rings. The van der Waals surface area contributed by atoms with Gasteiger partial charge in [-0.1, -0.05) is 24.3 Å². The van der Waals surface area contributed by atoms with Gasteiger partial charge in [-0.05, 0) is 36.6 Å². The van der Waals surface area contributed by atoms with Gasteiger partial charge in [0.25, 0.3) is 0 Å². The van der Waals surface area contributed by atoms with Crippen molar-refractivity contribution in [2.45, 2.75) is 6.92 Å². The molecule has 0 aliphatic carbocycles. The van der Waals surface area contributed by atoms with Crippen molar-refractivity contribution in [3.05, 3.63) is 65.2 Å². The van der Waals surface area contributed by atoms with Crippen LogP contribution in [0, 0.1) is 6.92 Å². The fourth-order valence-corrected chi connectivity index (χ4v) is 3.07. The van der Waals surface area contributed by atoms with Crippen molar-refractivity contribution in [2.75, 3.05) is 0 Å². The molecule has 1 aromatic carbocycles. The number of carbonyl (C=O) groups is 1. The first-order valence-corrected chi connectivity index (χ1v) is 7.11. The van der Waals surface area contributed by atoms with Crippen LogP contribution >= 0.6 is 11.3 Å². The topological polar surface area (TPSA) is 42.2 Å². The smallest absolute Gasteiger partial charge is 0.337 e. The molecule has 0 atom stereocenters. The van der Waals surface area contributed by atoms with Gasteiger partial charge in [-0.2, -0.15) is 0 Å². The highest BCUT2D eigenvalue weighted by Crippen LogP contribution is 2.32. The summed E-state index contributed by atoms with van der Waals surface area (Å²) in [5, 5.41) is 11.3. The number of rotatable bonds is 3. The van der Waals surface area contributed by atoms with Crippen molar-refractivity contribution < 1.29 is 9.90 Å². The largest absolute Gasteiger partial charge is 0.478 e. The van der Waals surface area contributed by atoms with Crippen molar-refractivity contribution in [3.63, 3.8) is 0 Å². The number of nitrogens with zero attached hydrogens (tertiary/aromatic N) is 1. The fraction of sp³-hybridized carbons (Fsp3) is 0.0625. The highest BCUT2D eigenvalue weighted by atomic mass is 32.1. The molecule has 0 unspecified atom stereocenters. The van der Waals surface area contributed by atoms with Crippen LogP contribution in [0.1, 0.15) is 16.1 Å². The highest BCUT2D eigenvalue weighted by molar-refractivity contribution is 7.13. The Balaban J connectivity index is 2.29. The zero-order chi connectivity index (χ0) is 14.1. The minimum Gasteiger partial charge on any atom is -0.478 e. The van der Waals surface area contributed by atoms with E-state index in [9.17, 15) is 9.90 Å². The van der Waals surface area contributed by atoms with Gasteiger partial charge in [0.05, 0.1) is 16.1 Å². The van der Waals surface area contributed by atoms with E-state index in [0.717, 1.165) is 22.0 Å². The zero-order valence-electron chi connectivity index (χ0n) is 10.9. The third-order valence-electron chi connectivity index (χ3n) is 3.27. The Kier molecular flexibility index (Phi) is 3.16. The van der Waals surface area contributed by atoms with Gasteiger partial charge in [0.1, 0.15) is 0 Å². The number of benzene rings is 1. The third kappa shape index (κ3) is 2.04. The lowest BCUT2D eigenvalue weighted by molar-refractivity contribution is 0.0696. The summed E-state index contributed by atoms with van der Waals surface area (Å²) < 4.78 is 2.00. The number of para-hydroxylation sites is 1. The molecular weight excluding hydrogens is 270 g/mol. The van der Waals surface area contributed by atoms with Gasteiger partial charge >= 0.3 is 5.97 Å². The maximum absolute atomic E-state index is 11.4. The van der Waals surface area contributed by atoms with E-state index in [4.69, 9.17) is 0 Å². The van der Waals surface area contributed by atoms with E-state index in [0.29, 0.717) is 5.56 Å². The average Bonchev–Trinajstić information content (AvgIpc) is 3.06. The molecule has 3 nitrogen and oxygen atoms in total. The molecular formula is C16H13NO2S. The van der Waals surface area contributed by atoms with E-state index in [2.05, 4.69) is 0 Å². The maximum atomic E-state index is 11.4. The predicted octanol–water partition coefficient (Wildman–Crippen LogP) is 4.21. The number of thiophene rings is 1. The quantitative estimate of drug-likeness (QED) is 0.782. The molecule has 0 bridgehead atoms. The summed E-state index contributed by atoms with van der Waals surface area (Å²) in [4.78, 5) is 12.4. The molecule has 3 aromatic rings. The number of carboxylic acids is 1. The van der Waals surface area contributed by atoms with Gasteiger partial charge in [-0.15, -0.1) is 11.3 Å². The molecule has 0 saturated heterocycles. The summed E-state index contributed by atoms with van der Waals surface area (Å²) in [7, 11) is 0. The third-order valence-corrected chi connectivity index (χ3v) is 4.16. The van der Waals surface area contributed by atoms with E-state index in [1.54, 1.807) is 17.4 Å². The molecule has 100 valence electrons. The standard InChI is InChI=1S/C16H13NO2S/c1-11-13(16(18)19)10-14(15-8-5-9-20-15)17(11)12-6-3-2-4-7-12/h2-10H,1H3,(H,18,19). The molecule has 1 N–H and O–H groups in total. The Hall–Kier alpha value is -2.33. The number of hydrogen-bond donors (Lipinski definition) is 1. The lowest BCUT2D eigenvalue weighted by Crippen LogP contribution is -2.02. The zero-order valence-corrected chi connectivity index (χ0v) is 11.7. The first-order valence-electron chi connectivity index (χ1n) is 6.23. The second kappa shape index (κ2) is 4.98. The van der Waals surface area contributed by atoms with Crippen molar-refractivity contribution in [1.82, 2.24) is 4.57 Å². The minimum atomic E-state index is -0.894. The van der Waals surface area contributed by atoms with Crippen LogP contribution in [0.2, 0.25) is 0 Å². The number of aromatic carboxylic acids is 1. The van der Waals surface area contributed by atoms with E-state index in [-0.39, 0.29) is 0 Å². The maximum Gasteiger partial charge on any atom is 0.337 e. The number of carboxylic acid groups (broad SMARTS) is 1. The summed E-state index contributed by atoms with van der Waals surface area (Å²) >= 11 is 1.60. The molecule has 0 aliphatic heterocycles. The lowest BCUT2D eigenvalue weighted by Gasteiger charge is -2.10. The predicted molar refractivity (Wildman–Crippen MR) is 80.8 cm³/mol. The lowest BCUT2D eigenvalue weighted by atomic mass is 10.2. The molecule has 0 radical (unpaired) electrons. The van der Waals surface area contributed by atoms with Crippen molar-refractivity contribution in [2.24, 2.45) is 0 Å². The van der Waals surface area contributed by atoms with E-state index in [1.807, 2.05) is 59.3 Å². The molecule has 2 heterocycles. The Bertz CT molecular complexity index is 742. The monoisotopic (exact) mass is 283 g/mol. The van der Waals surface area contributed by atoms with Crippen LogP contribution in [0.3, 0.4) is 0 Å². The van der Waals surface area contributed by atoms with Gasteiger partial charge in [0.2, 0.25) is 0 Å². The fourth-order valence-electron chi connectivity index (χ4n) is 2.34. The van der Waals surface area contributed by atoms with Gasteiger partial charge in [-0.3, -0.25) is 0 Å². The van der Waals surface area contributed by atoms with Gasteiger partial charge in [0.15, 0.2) is 0 Å². The Morgan fingerprint density at radius 1 is 1.15 bits per heavy atom. The summed E-state index contributed by atoms with van der Waals surface area (Å²) in [6, 6.07) is 15.5. The molecule has 20 heavy (non-hydrogen) atoms. The number of aromatic nitrogens is 1. The van der Waals surface area contributed by atoms with E-state index < -0.39 is 5.97 Å². The highest BCUT2D eigenvalue weighted by Gasteiger charge is 2.19. The summed E-state index contributed by atoms with van der Waals surface area (Å²) in [5.41, 5.74) is 2.98. The average molecular weight is 283 g/mol. The van der Waals surface area contributed by atoms with Crippen LogP contribution in [0.15, 0.2) is 53.9 Å². The van der Waals surface area contributed by atoms with E-state index >= 15 is 0 Å². The van der Waals surface area contributed by atoms with Crippen LogP contribution in [0.25, 0.3) is 16.3 Å². The molecule has 0 amide bonds. The van der Waals surface area contributed by atoms with Gasteiger partial charge in [-0.25, -0.2) is 4.79 Å². The molecule has 0 spiro atoms. The van der Waals surface area contributed by atoms with Crippen molar-refractivity contribution in [1.29, 1.82) is 0 Å². The Morgan fingerprint density at radius 3 is 2.50 bits per heavy atom.